The fourth-order valence-electron chi connectivity index (χ4n) is 2.38. The van der Waals surface area contributed by atoms with E-state index >= 15 is 0 Å². The van der Waals surface area contributed by atoms with Crippen molar-refractivity contribution in [2.75, 3.05) is 0 Å². The Morgan fingerprint density at radius 3 is 2.73 bits per heavy atom. The third-order valence-corrected chi connectivity index (χ3v) is 3.05. The number of aliphatic carboxylic acids is 1. The van der Waals surface area contributed by atoms with Crippen molar-refractivity contribution in [1.82, 2.24) is 0 Å². The Labute approximate surface area is 65.9 Å². The molecule has 0 aromatic rings. The Bertz CT molecular complexity index is 230. The van der Waals surface area contributed by atoms with Crippen LogP contribution in [0.5, 0.6) is 0 Å². The van der Waals surface area contributed by atoms with Crippen LogP contribution in [-0.4, -0.2) is 11.1 Å². The molecule has 60 valence electrons. The first-order valence-corrected chi connectivity index (χ1v) is 4.09. The SMILES string of the molecule is CC1=CC2CC1CC2C(=O)O. The molecule has 11 heavy (non-hydrogen) atoms. The molecule has 0 radical (unpaired) electrons. The zero-order valence-corrected chi connectivity index (χ0v) is 6.58. The summed E-state index contributed by atoms with van der Waals surface area (Å²) in [6, 6.07) is 0. The van der Waals surface area contributed by atoms with E-state index in [2.05, 4.69) is 13.0 Å². The van der Waals surface area contributed by atoms with E-state index in [1.165, 1.54) is 5.57 Å². The second-order valence-corrected chi connectivity index (χ2v) is 3.69. The molecular weight excluding hydrogens is 140 g/mol. The van der Waals surface area contributed by atoms with Crippen LogP contribution in [0.1, 0.15) is 19.8 Å². The first-order valence-electron chi connectivity index (χ1n) is 4.09. The molecule has 1 N–H and O–H groups in total. The van der Waals surface area contributed by atoms with Gasteiger partial charge in [0.2, 0.25) is 0 Å². The molecule has 3 unspecified atom stereocenters. The van der Waals surface area contributed by atoms with E-state index in [9.17, 15) is 4.79 Å². The van der Waals surface area contributed by atoms with Crippen LogP contribution in [0.2, 0.25) is 0 Å². The van der Waals surface area contributed by atoms with E-state index in [1.807, 2.05) is 0 Å². The summed E-state index contributed by atoms with van der Waals surface area (Å²) in [6.45, 7) is 2.11. The number of carboxylic acids is 1. The van der Waals surface area contributed by atoms with Crippen LogP contribution in [0.3, 0.4) is 0 Å². The maximum Gasteiger partial charge on any atom is 0.307 e. The number of carbonyl (C=O) groups is 1. The quantitative estimate of drug-likeness (QED) is 0.580. The van der Waals surface area contributed by atoms with E-state index < -0.39 is 5.97 Å². The van der Waals surface area contributed by atoms with Gasteiger partial charge in [0, 0.05) is 0 Å². The maximum atomic E-state index is 10.7. The van der Waals surface area contributed by atoms with E-state index in [0.29, 0.717) is 11.8 Å². The second-order valence-electron chi connectivity index (χ2n) is 3.69. The predicted octanol–water partition coefficient (Wildman–Crippen LogP) is 1.67. The highest BCUT2D eigenvalue weighted by molar-refractivity contribution is 5.71. The average molecular weight is 152 g/mol. The lowest BCUT2D eigenvalue weighted by atomic mass is 9.90. The van der Waals surface area contributed by atoms with Gasteiger partial charge < -0.3 is 5.11 Å². The second kappa shape index (κ2) is 2.10. The van der Waals surface area contributed by atoms with Gasteiger partial charge in [-0.1, -0.05) is 11.6 Å². The zero-order chi connectivity index (χ0) is 8.01. The normalized spacial score (nSPS) is 40.8. The lowest BCUT2D eigenvalue weighted by molar-refractivity contribution is -0.142. The fraction of sp³-hybridized carbons (Fsp3) is 0.667. The van der Waals surface area contributed by atoms with Crippen LogP contribution in [0, 0.1) is 17.8 Å². The topological polar surface area (TPSA) is 37.3 Å². The standard InChI is InChI=1S/C9H12O2/c1-5-2-7-3-6(5)4-8(7)9(10)11/h2,6-8H,3-4H2,1H3,(H,10,11). The molecule has 0 aromatic heterocycles. The number of fused-ring (bicyclic) bond motifs is 2. The molecule has 2 nitrogen and oxygen atoms in total. The molecule has 0 spiro atoms. The minimum absolute atomic E-state index is 0.0799. The Balaban J connectivity index is 2.19. The highest BCUT2D eigenvalue weighted by atomic mass is 16.4. The van der Waals surface area contributed by atoms with Gasteiger partial charge in [0.05, 0.1) is 5.92 Å². The molecule has 0 heterocycles. The molecule has 2 aliphatic carbocycles. The van der Waals surface area contributed by atoms with Gasteiger partial charge in [-0.25, -0.2) is 0 Å². The van der Waals surface area contributed by atoms with Crippen molar-refractivity contribution in [2.24, 2.45) is 17.8 Å². The summed E-state index contributed by atoms with van der Waals surface area (Å²) < 4.78 is 0. The van der Waals surface area contributed by atoms with E-state index in [-0.39, 0.29) is 5.92 Å². The molecule has 1 saturated carbocycles. The molecule has 0 saturated heterocycles. The van der Waals surface area contributed by atoms with Crippen LogP contribution >= 0.6 is 0 Å². The molecule has 2 heteroatoms. The molecule has 0 aromatic carbocycles. The maximum absolute atomic E-state index is 10.7. The van der Waals surface area contributed by atoms with Gasteiger partial charge in [-0.2, -0.15) is 0 Å². The first kappa shape index (κ1) is 6.89. The number of carboxylic acid groups (broad SMARTS) is 1. The lowest BCUT2D eigenvalue weighted by Crippen LogP contribution is -2.18. The summed E-state index contributed by atoms with van der Waals surface area (Å²) >= 11 is 0. The minimum atomic E-state index is -0.610. The smallest absolute Gasteiger partial charge is 0.307 e. The molecule has 3 atom stereocenters. The molecule has 0 amide bonds. The third kappa shape index (κ3) is 0.889. The number of hydrogen-bond acceptors (Lipinski definition) is 1. The van der Waals surface area contributed by atoms with Crippen molar-refractivity contribution >= 4 is 5.97 Å². The summed E-state index contributed by atoms with van der Waals surface area (Å²) in [5.74, 6) is 0.239. The molecule has 1 fully saturated rings. The Hall–Kier alpha value is -0.790. The van der Waals surface area contributed by atoms with Gasteiger partial charge in [0.25, 0.3) is 0 Å². The number of rotatable bonds is 1. The van der Waals surface area contributed by atoms with Crippen LogP contribution in [0.15, 0.2) is 11.6 Å². The van der Waals surface area contributed by atoms with Crippen LogP contribution in [0.4, 0.5) is 0 Å². The van der Waals surface area contributed by atoms with Crippen molar-refractivity contribution < 1.29 is 9.90 Å². The highest BCUT2D eigenvalue weighted by Crippen LogP contribution is 2.47. The molecule has 0 aliphatic heterocycles. The third-order valence-electron chi connectivity index (χ3n) is 3.05. The van der Waals surface area contributed by atoms with Crippen molar-refractivity contribution in [2.45, 2.75) is 19.8 Å². The Morgan fingerprint density at radius 2 is 2.36 bits per heavy atom. The largest absolute Gasteiger partial charge is 0.481 e. The van der Waals surface area contributed by atoms with E-state index in [4.69, 9.17) is 5.11 Å². The van der Waals surface area contributed by atoms with Crippen LogP contribution in [0.25, 0.3) is 0 Å². The molecular formula is C9H12O2. The Kier molecular flexibility index (Phi) is 1.31. The number of allylic oxidation sites excluding steroid dienone is 2. The molecule has 2 bridgehead atoms. The summed E-state index contributed by atoms with van der Waals surface area (Å²) in [4.78, 5) is 10.7. The van der Waals surface area contributed by atoms with Gasteiger partial charge >= 0.3 is 5.97 Å². The van der Waals surface area contributed by atoms with E-state index in [1.54, 1.807) is 0 Å². The van der Waals surface area contributed by atoms with E-state index in [0.717, 1.165) is 12.8 Å². The van der Waals surface area contributed by atoms with Gasteiger partial charge in [0.15, 0.2) is 0 Å². The lowest BCUT2D eigenvalue weighted by Gasteiger charge is -2.14. The van der Waals surface area contributed by atoms with Crippen molar-refractivity contribution in [3.63, 3.8) is 0 Å². The highest BCUT2D eigenvalue weighted by Gasteiger charge is 2.42. The van der Waals surface area contributed by atoms with Crippen molar-refractivity contribution in [3.05, 3.63) is 11.6 Å². The summed E-state index contributed by atoms with van der Waals surface area (Å²) in [7, 11) is 0. The van der Waals surface area contributed by atoms with Crippen LogP contribution in [-0.2, 0) is 4.79 Å². The first-order chi connectivity index (χ1) is 5.18. The van der Waals surface area contributed by atoms with Gasteiger partial charge in [0.1, 0.15) is 0 Å². The molecule has 2 rings (SSSR count). The molecule has 2 aliphatic rings. The Morgan fingerprint density at radius 1 is 1.64 bits per heavy atom. The predicted molar refractivity (Wildman–Crippen MR) is 41.1 cm³/mol. The van der Waals surface area contributed by atoms with Gasteiger partial charge in [-0.05, 0) is 31.6 Å². The van der Waals surface area contributed by atoms with Gasteiger partial charge in [-0.15, -0.1) is 0 Å². The van der Waals surface area contributed by atoms with Crippen molar-refractivity contribution in [3.8, 4) is 0 Å². The van der Waals surface area contributed by atoms with Crippen LogP contribution < -0.4 is 0 Å². The number of hydrogen-bond donors (Lipinski definition) is 1. The van der Waals surface area contributed by atoms with Gasteiger partial charge in [-0.3, -0.25) is 4.79 Å². The summed E-state index contributed by atoms with van der Waals surface area (Å²) in [5, 5.41) is 8.79. The monoisotopic (exact) mass is 152 g/mol. The average Bonchev–Trinajstić information content (AvgIpc) is 2.43. The van der Waals surface area contributed by atoms with Crippen molar-refractivity contribution in [1.29, 1.82) is 0 Å². The summed E-state index contributed by atoms with van der Waals surface area (Å²) in [6.07, 6.45) is 4.11. The minimum Gasteiger partial charge on any atom is -0.481 e. The fourth-order valence-corrected chi connectivity index (χ4v) is 2.38. The zero-order valence-electron chi connectivity index (χ0n) is 6.58. The summed E-state index contributed by atoms with van der Waals surface area (Å²) in [5.41, 5.74) is 1.41.